The molecule has 0 aromatic heterocycles. The van der Waals surface area contributed by atoms with E-state index in [2.05, 4.69) is 29.1 Å². The number of amides is 4. The second-order valence-corrected chi connectivity index (χ2v) is 13.2. The van der Waals surface area contributed by atoms with Crippen molar-refractivity contribution in [3.8, 4) is 0 Å². The van der Waals surface area contributed by atoms with Crippen LogP contribution in [0.3, 0.4) is 0 Å². The van der Waals surface area contributed by atoms with Gasteiger partial charge in [-0.1, -0.05) is 100 Å². The lowest BCUT2D eigenvalue weighted by molar-refractivity contribution is -0.139. The van der Waals surface area contributed by atoms with Crippen molar-refractivity contribution in [2.75, 3.05) is 13.1 Å². The van der Waals surface area contributed by atoms with Gasteiger partial charge in [0.2, 0.25) is 11.8 Å². The van der Waals surface area contributed by atoms with E-state index in [1.807, 2.05) is 48.5 Å². The van der Waals surface area contributed by atoms with E-state index in [4.69, 9.17) is 0 Å². The Balaban J connectivity index is 1.61. The van der Waals surface area contributed by atoms with E-state index in [9.17, 15) is 19.2 Å². The normalized spacial score (nSPS) is 32.7. The molecule has 0 N–H and O–H groups in total. The van der Waals surface area contributed by atoms with Crippen LogP contribution in [0.1, 0.15) is 28.2 Å². The van der Waals surface area contributed by atoms with Gasteiger partial charge in [0, 0.05) is 19.0 Å². The smallest absolute Gasteiger partial charge is 0.268 e. The Hall–Kier alpha value is -2.88. The number of hydrogen-bond acceptors (Lipinski definition) is 6. The van der Waals surface area contributed by atoms with E-state index in [1.54, 1.807) is 0 Å². The minimum atomic E-state index is -1.45. The van der Waals surface area contributed by atoms with Gasteiger partial charge in [0.25, 0.3) is 11.8 Å². The van der Waals surface area contributed by atoms with Crippen molar-refractivity contribution < 1.29 is 19.2 Å². The summed E-state index contributed by atoms with van der Waals surface area (Å²) in [4.78, 5) is 59.1. The third-order valence-corrected chi connectivity index (χ3v) is 13.3. The highest BCUT2D eigenvalue weighted by Crippen LogP contribution is 2.80. The van der Waals surface area contributed by atoms with Crippen LogP contribution >= 0.6 is 39.5 Å². The van der Waals surface area contributed by atoms with Crippen molar-refractivity contribution >= 4 is 63.1 Å². The molecule has 4 amide bonds. The number of nitrogens with zero attached hydrogens (tertiary/aromatic N) is 2. The van der Waals surface area contributed by atoms with Gasteiger partial charge in [0.15, 0.2) is 0 Å². The average Bonchev–Trinajstić information content (AvgIpc) is 3.25. The van der Waals surface area contributed by atoms with Crippen LogP contribution in [-0.2, 0) is 23.5 Å². The number of thioether (sulfide) groups is 2. The maximum atomic E-state index is 14.6. The molecule has 3 aliphatic heterocycles. The molecule has 2 aromatic rings. The summed E-state index contributed by atoms with van der Waals surface area (Å²) in [5.74, 6) is -2.15. The first-order valence-electron chi connectivity index (χ1n) is 11.8. The van der Waals surface area contributed by atoms with Crippen molar-refractivity contribution in [3.05, 3.63) is 106 Å². The maximum absolute atomic E-state index is 14.6. The molecule has 3 aliphatic carbocycles. The summed E-state index contributed by atoms with van der Waals surface area (Å²) in [6.07, 6.45) is 3.03. The molecule has 6 aliphatic rings. The third kappa shape index (κ3) is 2.26. The van der Waals surface area contributed by atoms with Gasteiger partial charge in [-0.25, -0.2) is 0 Å². The zero-order valence-corrected chi connectivity index (χ0v) is 22.6. The van der Waals surface area contributed by atoms with Gasteiger partial charge in [0.1, 0.15) is 13.8 Å². The van der Waals surface area contributed by atoms with E-state index in [-0.39, 0.29) is 34.7 Å². The fraction of sp³-hybridized carbons (Fsp3) is 0.214. The number of carbonyl (C=O) groups is 4. The highest BCUT2D eigenvalue weighted by molar-refractivity contribution is 9.10. The van der Waals surface area contributed by atoms with Crippen molar-refractivity contribution in [3.63, 3.8) is 0 Å². The summed E-state index contributed by atoms with van der Waals surface area (Å²) in [6, 6.07) is 15.7. The van der Waals surface area contributed by atoms with Gasteiger partial charge in [-0.2, -0.15) is 0 Å². The first-order valence-corrected chi connectivity index (χ1v) is 14.2. The Morgan fingerprint density at radius 2 is 1.30 bits per heavy atom. The Morgan fingerprint density at radius 1 is 0.784 bits per heavy atom. The van der Waals surface area contributed by atoms with E-state index >= 15 is 0 Å². The van der Waals surface area contributed by atoms with E-state index in [0.717, 1.165) is 50.7 Å². The molecule has 9 heteroatoms. The summed E-state index contributed by atoms with van der Waals surface area (Å²) in [7, 11) is 0. The molecule has 2 atom stereocenters. The first kappa shape index (κ1) is 23.3. The molecule has 37 heavy (non-hydrogen) atoms. The standard InChI is InChI=1S/C28H19BrN2O4S2/c1-3-13-30-22(32)20-21(23(30)33)37-28-25(35)31(14-4-2)24(34)27(28,36-20)19-15-9-5-7-11-17(15)26(28,29)18-12-8-6-10-16(18)19/h3-12,19H,1-2,13-14H2/t19?,26?,27-,28-/m1/s1. The molecule has 0 spiro atoms. The fourth-order valence-corrected chi connectivity index (χ4v) is 12.1. The molecule has 3 heterocycles. The molecular formula is C28H19BrN2O4S2. The highest BCUT2D eigenvalue weighted by atomic mass is 79.9. The van der Waals surface area contributed by atoms with Crippen LogP contribution in [-0.4, -0.2) is 56.0 Å². The van der Waals surface area contributed by atoms with Crippen LogP contribution in [0.2, 0.25) is 0 Å². The van der Waals surface area contributed by atoms with Crippen molar-refractivity contribution in [1.29, 1.82) is 0 Å². The SMILES string of the molecule is C=CCN1C(=O)C2=C(S[C@]34C(=O)N(CC=C)C(=O)[C@@]3(S2)C2(Br)c3ccccc3C4c3ccccc32)C1=O. The van der Waals surface area contributed by atoms with Gasteiger partial charge >= 0.3 is 0 Å². The summed E-state index contributed by atoms with van der Waals surface area (Å²) in [5, 5.41) is 0. The number of hydrogen-bond donors (Lipinski definition) is 0. The molecule has 8 rings (SSSR count). The number of rotatable bonds is 4. The second-order valence-electron chi connectivity index (χ2n) is 9.56. The second kappa shape index (κ2) is 7.36. The quantitative estimate of drug-likeness (QED) is 0.304. The lowest BCUT2D eigenvalue weighted by atomic mass is 9.53. The minimum Gasteiger partial charge on any atom is -0.276 e. The maximum Gasteiger partial charge on any atom is 0.268 e. The van der Waals surface area contributed by atoms with Crippen molar-refractivity contribution in [2.45, 2.75) is 19.7 Å². The van der Waals surface area contributed by atoms with Crippen LogP contribution in [0.5, 0.6) is 0 Å². The lowest BCUT2D eigenvalue weighted by Crippen LogP contribution is -2.71. The van der Waals surface area contributed by atoms with Crippen molar-refractivity contribution in [1.82, 2.24) is 9.80 Å². The molecule has 0 unspecified atom stereocenters. The molecule has 2 bridgehead atoms. The zero-order chi connectivity index (χ0) is 25.9. The van der Waals surface area contributed by atoms with E-state index in [0.29, 0.717) is 0 Å². The largest absolute Gasteiger partial charge is 0.276 e. The number of carbonyl (C=O) groups excluding carboxylic acids is 4. The minimum absolute atomic E-state index is 0.0416. The zero-order valence-electron chi connectivity index (χ0n) is 19.4. The van der Waals surface area contributed by atoms with Crippen LogP contribution in [0.25, 0.3) is 0 Å². The first-order chi connectivity index (χ1) is 17.8. The predicted molar refractivity (Wildman–Crippen MR) is 146 cm³/mol. The molecular weight excluding hydrogens is 572 g/mol. The number of imide groups is 2. The molecule has 184 valence electrons. The Labute approximate surface area is 230 Å². The molecule has 0 saturated carbocycles. The predicted octanol–water partition coefficient (Wildman–Crippen LogP) is 4.06. The summed E-state index contributed by atoms with van der Waals surface area (Å²) < 4.78 is -3.96. The Bertz CT molecular complexity index is 1520. The molecule has 1 saturated heterocycles. The molecule has 1 fully saturated rings. The molecule has 6 nitrogen and oxygen atoms in total. The number of likely N-dealkylation sites (tertiary alicyclic amines) is 1. The average molecular weight is 592 g/mol. The topological polar surface area (TPSA) is 74.8 Å². The lowest BCUT2D eigenvalue weighted by Gasteiger charge is -2.63. The van der Waals surface area contributed by atoms with Crippen LogP contribution in [0, 0.1) is 0 Å². The van der Waals surface area contributed by atoms with Gasteiger partial charge in [-0.05, 0) is 22.3 Å². The Morgan fingerprint density at radius 3 is 1.86 bits per heavy atom. The Kier molecular flexibility index (Phi) is 4.63. The summed E-state index contributed by atoms with van der Waals surface area (Å²) in [6.45, 7) is 7.56. The molecule has 2 aromatic carbocycles. The van der Waals surface area contributed by atoms with Crippen LogP contribution in [0.15, 0.2) is 83.7 Å². The van der Waals surface area contributed by atoms with Gasteiger partial charge in [-0.15, -0.1) is 13.2 Å². The van der Waals surface area contributed by atoms with E-state index < -0.39 is 31.6 Å². The van der Waals surface area contributed by atoms with Crippen molar-refractivity contribution in [2.24, 2.45) is 0 Å². The number of benzene rings is 2. The van der Waals surface area contributed by atoms with Gasteiger partial charge in [0.05, 0.1) is 9.81 Å². The molecule has 0 radical (unpaired) electrons. The van der Waals surface area contributed by atoms with Crippen LogP contribution < -0.4 is 0 Å². The summed E-state index contributed by atoms with van der Waals surface area (Å²) in [5.41, 5.74) is 3.67. The van der Waals surface area contributed by atoms with Crippen LogP contribution in [0.4, 0.5) is 0 Å². The highest BCUT2D eigenvalue weighted by Gasteiger charge is 2.87. The van der Waals surface area contributed by atoms with E-state index in [1.165, 1.54) is 17.1 Å². The van der Waals surface area contributed by atoms with Gasteiger partial charge in [-0.3, -0.25) is 29.0 Å². The third-order valence-electron chi connectivity index (χ3n) is 8.04. The monoisotopic (exact) mass is 590 g/mol. The number of halogens is 1. The fourth-order valence-electron chi connectivity index (χ4n) is 6.76. The van der Waals surface area contributed by atoms with Gasteiger partial charge < -0.3 is 0 Å². The summed E-state index contributed by atoms with van der Waals surface area (Å²) >= 11 is 6.27. The number of alkyl halides is 1.